The van der Waals surface area contributed by atoms with Gasteiger partial charge in [0.1, 0.15) is 17.0 Å². The average Bonchev–Trinajstić information content (AvgIpc) is 2.51. The molecular formula is C17H20F3N5O2. The third-order valence-corrected chi connectivity index (χ3v) is 3.17. The van der Waals surface area contributed by atoms with Crippen molar-refractivity contribution >= 4 is 23.5 Å². The lowest BCUT2D eigenvalue weighted by Gasteiger charge is -2.19. The lowest BCUT2D eigenvalue weighted by Crippen LogP contribution is -2.32. The molecule has 2 aromatic rings. The Labute approximate surface area is 154 Å². The molecule has 1 aromatic carbocycles. The minimum atomic E-state index is -4.61. The average molecular weight is 383 g/mol. The number of nitrogens with one attached hydrogen (secondary N) is 2. The number of rotatable bonds is 4. The first-order valence-electron chi connectivity index (χ1n) is 7.96. The fraction of sp³-hybridized carbons (Fsp3) is 0.353. The maximum Gasteiger partial charge on any atom is 0.421 e. The Morgan fingerprint density at radius 3 is 2.33 bits per heavy atom. The van der Waals surface area contributed by atoms with E-state index in [1.807, 2.05) is 0 Å². The predicted molar refractivity (Wildman–Crippen MR) is 94.2 cm³/mol. The van der Waals surface area contributed by atoms with Gasteiger partial charge in [0.15, 0.2) is 0 Å². The topological polar surface area (TPSA) is 102 Å². The number of nitrogens with zero attached hydrogens (tertiary/aromatic N) is 2. The predicted octanol–water partition coefficient (Wildman–Crippen LogP) is 3.85. The fourth-order valence-corrected chi connectivity index (χ4v) is 2.00. The standard InChI is InChI=1S/C17H20F3N5O2/c1-16(2,3)27-15(26)23-8-10-4-6-11(7-5-10)24-14-22-9-12(13(21)25-14)17(18,19)20/h4-7,9H,8H2,1-3H3,(H,23,26)(H3,21,22,24,25). The number of nitrogen functional groups attached to an aromatic ring is 1. The number of halogens is 3. The highest BCUT2D eigenvalue weighted by Crippen LogP contribution is 2.32. The fourth-order valence-electron chi connectivity index (χ4n) is 2.00. The van der Waals surface area contributed by atoms with Crippen LogP contribution in [0.15, 0.2) is 30.5 Å². The highest BCUT2D eigenvalue weighted by atomic mass is 19.4. The lowest BCUT2D eigenvalue weighted by molar-refractivity contribution is -0.137. The van der Waals surface area contributed by atoms with E-state index in [0.717, 1.165) is 5.56 Å². The van der Waals surface area contributed by atoms with Crippen molar-refractivity contribution < 1.29 is 22.7 Å². The van der Waals surface area contributed by atoms with Gasteiger partial charge in [0.2, 0.25) is 5.95 Å². The molecule has 1 aromatic heterocycles. The SMILES string of the molecule is CC(C)(C)OC(=O)NCc1ccc(Nc2ncc(C(F)(F)F)c(N)n2)cc1. The van der Waals surface area contributed by atoms with Crippen molar-refractivity contribution in [2.24, 2.45) is 0 Å². The summed E-state index contributed by atoms with van der Waals surface area (Å²) >= 11 is 0. The summed E-state index contributed by atoms with van der Waals surface area (Å²) in [5, 5.41) is 5.39. The number of hydrogen-bond donors (Lipinski definition) is 3. The van der Waals surface area contributed by atoms with Gasteiger partial charge in [-0.2, -0.15) is 18.2 Å². The van der Waals surface area contributed by atoms with Crippen molar-refractivity contribution in [3.8, 4) is 0 Å². The van der Waals surface area contributed by atoms with Gasteiger partial charge in [-0.25, -0.2) is 9.78 Å². The quantitative estimate of drug-likeness (QED) is 0.741. The summed E-state index contributed by atoms with van der Waals surface area (Å²) < 4.78 is 43.1. The van der Waals surface area contributed by atoms with Crippen molar-refractivity contribution in [1.29, 1.82) is 0 Å². The first kappa shape index (κ1) is 20.3. The number of hydrogen-bond acceptors (Lipinski definition) is 6. The molecule has 1 amide bonds. The van der Waals surface area contributed by atoms with Crippen LogP contribution in [0.4, 0.5) is 35.4 Å². The monoisotopic (exact) mass is 383 g/mol. The van der Waals surface area contributed by atoms with Crippen molar-refractivity contribution in [2.45, 2.75) is 39.1 Å². The summed E-state index contributed by atoms with van der Waals surface area (Å²) in [5.74, 6) is -0.710. The third kappa shape index (κ3) is 6.32. The normalized spacial score (nSPS) is 11.8. The molecule has 27 heavy (non-hydrogen) atoms. The van der Waals surface area contributed by atoms with Gasteiger partial charge in [-0.3, -0.25) is 0 Å². The summed E-state index contributed by atoms with van der Waals surface area (Å²) in [5.41, 5.74) is 5.02. The molecule has 0 atom stereocenters. The van der Waals surface area contributed by atoms with Crippen LogP contribution in [0.25, 0.3) is 0 Å². The first-order chi connectivity index (χ1) is 12.4. The van der Waals surface area contributed by atoms with Crippen molar-refractivity contribution in [3.05, 3.63) is 41.6 Å². The highest BCUT2D eigenvalue weighted by molar-refractivity contribution is 5.67. The summed E-state index contributed by atoms with van der Waals surface area (Å²) in [6, 6.07) is 6.80. The van der Waals surface area contributed by atoms with E-state index in [9.17, 15) is 18.0 Å². The largest absolute Gasteiger partial charge is 0.444 e. The number of benzene rings is 1. The van der Waals surface area contributed by atoms with E-state index in [1.54, 1.807) is 45.0 Å². The molecule has 0 radical (unpaired) electrons. The number of anilines is 3. The lowest BCUT2D eigenvalue weighted by atomic mass is 10.2. The van der Waals surface area contributed by atoms with Crippen LogP contribution in [0.1, 0.15) is 31.9 Å². The summed E-state index contributed by atoms with van der Waals surface area (Å²) in [6.07, 6.45) is -4.51. The van der Waals surface area contributed by atoms with Gasteiger partial charge in [0.25, 0.3) is 0 Å². The molecule has 0 aliphatic carbocycles. The zero-order valence-corrected chi connectivity index (χ0v) is 15.0. The molecule has 0 saturated heterocycles. The number of ether oxygens (including phenoxy) is 1. The van der Waals surface area contributed by atoms with Crippen molar-refractivity contribution in [3.63, 3.8) is 0 Å². The molecule has 0 fully saturated rings. The molecule has 0 aliphatic heterocycles. The van der Waals surface area contributed by atoms with Crippen LogP contribution in [0.5, 0.6) is 0 Å². The van der Waals surface area contributed by atoms with E-state index in [4.69, 9.17) is 10.5 Å². The molecule has 146 valence electrons. The van der Waals surface area contributed by atoms with Crippen LogP contribution in [-0.2, 0) is 17.5 Å². The third-order valence-electron chi connectivity index (χ3n) is 3.17. The Morgan fingerprint density at radius 1 is 1.19 bits per heavy atom. The van der Waals surface area contributed by atoms with E-state index in [-0.39, 0.29) is 12.5 Å². The molecule has 0 aliphatic rings. The molecule has 0 saturated carbocycles. The molecule has 1 heterocycles. The van der Waals surface area contributed by atoms with E-state index in [0.29, 0.717) is 11.9 Å². The van der Waals surface area contributed by atoms with Gasteiger partial charge in [0, 0.05) is 18.4 Å². The van der Waals surface area contributed by atoms with Gasteiger partial charge >= 0.3 is 12.3 Å². The zero-order valence-electron chi connectivity index (χ0n) is 15.0. The van der Waals surface area contributed by atoms with Crippen LogP contribution in [0.2, 0.25) is 0 Å². The number of alkyl halides is 3. The molecule has 0 unspecified atom stereocenters. The Bertz CT molecular complexity index is 802. The maximum absolute atomic E-state index is 12.7. The summed E-state index contributed by atoms with van der Waals surface area (Å²) in [6.45, 7) is 5.56. The summed E-state index contributed by atoms with van der Waals surface area (Å²) in [4.78, 5) is 18.9. The van der Waals surface area contributed by atoms with Crippen LogP contribution in [0, 0.1) is 0 Å². The number of carbonyl (C=O) groups is 1. The molecule has 4 N–H and O–H groups in total. The van der Waals surface area contributed by atoms with Gasteiger partial charge in [-0.15, -0.1) is 0 Å². The molecule has 10 heteroatoms. The minimum Gasteiger partial charge on any atom is -0.444 e. The molecule has 0 spiro atoms. The maximum atomic E-state index is 12.7. The van der Waals surface area contributed by atoms with Gasteiger partial charge in [-0.1, -0.05) is 12.1 Å². The molecule has 2 rings (SSSR count). The second-order valence-electron chi connectivity index (χ2n) is 6.67. The Morgan fingerprint density at radius 2 is 1.81 bits per heavy atom. The minimum absolute atomic E-state index is 0.0554. The number of amides is 1. The molecular weight excluding hydrogens is 363 g/mol. The Balaban J connectivity index is 1.96. The Kier molecular flexibility index (Phi) is 5.77. The number of aromatic nitrogens is 2. The smallest absolute Gasteiger partial charge is 0.421 e. The van der Waals surface area contributed by atoms with E-state index >= 15 is 0 Å². The van der Waals surface area contributed by atoms with Gasteiger partial charge in [-0.05, 0) is 38.5 Å². The van der Waals surface area contributed by atoms with E-state index < -0.39 is 29.3 Å². The number of alkyl carbamates (subject to hydrolysis) is 1. The van der Waals surface area contributed by atoms with Crippen LogP contribution < -0.4 is 16.4 Å². The zero-order chi connectivity index (χ0) is 20.2. The van der Waals surface area contributed by atoms with Crippen LogP contribution in [-0.4, -0.2) is 21.7 Å². The highest BCUT2D eigenvalue weighted by Gasteiger charge is 2.34. The summed E-state index contributed by atoms with van der Waals surface area (Å²) in [7, 11) is 0. The first-order valence-corrected chi connectivity index (χ1v) is 7.96. The second-order valence-corrected chi connectivity index (χ2v) is 6.67. The molecule has 7 nitrogen and oxygen atoms in total. The number of carbonyl (C=O) groups excluding carboxylic acids is 1. The van der Waals surface area contributed by atoms with Gasteiger partial charge < -0.3 is 21.1 Å². The van der Waals surface area contributed by atoms with E-state index in [2.05, 4.69) is 20.6 Å². The van der Waals surface area contributed by atoms with Gasteiger partial charge in [0.05, 0.1) is 0 Å². The van der Waals surface area contributed by atoms with Crippen LogP contribution >= 0.6 is 0 Å². The van der Waals surface area contributed by atoms with Crippen molar-refractivity contribution in [1.82, 2.24) is 15.3 Å². The van der Waals surface area contributed by atoms with E-state index in [1.165, 1.54) is 0 Å². The van der Waals surface area contributed by atoms with Crippen molar-refractivity contribution in [2.75, 3.05) is 11.1 Å². The van der Waals surface area contributed by atoms with Crippen LogP contribution in [0.3, 0.4) is 0 Å². The second kappa shape index (κ2) is 7.68. The number of nitrogens with two attached hydrogens (primary N) is 1. The molecule has 0 bridgehead atoms. The Hall–Kier alpha value is -3.04.